The number of aliphatic hydroxyl groups excluding tert-OH is 8. The number of hydrogen-bond acceptors (Lipinski definition) is 16. The zero-order valence-electron chi connectivity index (χ0n) is 25.7. The second kappa shape index (κ2) is 18.4. The molecule has 264 valence electrons. The van der Waals surface area contributed by atoms with Gasteiger partial charge in [-0.15, -0.1) is 0 Å². The van der Waals surface area contributed by atoms with Crippen LogP contribution in [0.2, 0.25) is 0 Å². The molecular formula is C28H52N2O15. The van der Waals surface area contributed by atoms with E-state index in [9.17, 15) is 45.6 Å². The van der Waals surface area contributed by atoms with Crippen LogP contribution in [0, 0.1) is 0 Å². The van der Waals surface area contributed by atoms with Gasteiger partial charge in [0.2, 0.25) is 5.91 Å². The Morgan fingerprint density at radius 2 is 1.31 bits per heavy atom. The molecule has 17 heteroatoms. The van der Waals surface area contributed by atoms with Crippen LogP contribution >= 0.6 is 0 Å². The summed E-state index contributed by atoms with van der Waals surface area (Å²) < 4.78 is 34.3. The van der Waals surface area contributed by atoms with Gasteiger partial charge < -0.3 is 80.3 Å². The Morgan fingerprint density at radius 3 is 1.96 bits per heavy atom. The summed E-state index contributed by atoms with van der Waals surface area (Å²) in [6, 6.07) is -2.39. The molecule has 3 aliphatic heterocycles. The van der Waals surface area contributed by atoms with Crippen molar-refractivity contribution in [2.75, 3.05) is 26.4 Å². The largest absolute Gasteiger partial charge is 0.394 e. The summed E-state index contributed by atoms with van der Waals surface area (Å²) in [6.07, 6.45) is -13.3. The first-order chi connectivity index (χ1) is 21.4. The minimum Gasteiger partial charge on any atom is -0.394 e. The van der Waals surface area contributed by atoms with Crippen molar-refractivity contribution in [3.63, 3.8) is 0 Å². The van der Waals surface area contributed by atoms with Gasteiger partial charge >= 0.3 is 0 Å². The minimum atomic E-state index is -1.76. The van der Waals surface area contributed by atoms with Gasteiger partial charge in [-0.2, -0.15) is 0 Å². The molecule has 0 saturated carbocycles. The van der Waals surface area contributed by atoms with Crippen molar-refractivity contribution in [3.05, 3.63) is 0 Å². The Bertz CT molecular complexity index is 876. The highest BCUT2D eigenvalue weighted by atomic mass is 16.8. The number of unbranched alkanes of at least 4 members (excludes halogenated alkanes) is 5. The van der Waals surface area contributed by atoms with E-state index >= 15 is 0 Å². The van der Waals surface area contributed by atoms with Gasteiger partial charge in [-0.3, -0.25) is 4.79 Å². The van der Waals surface area contributed by atoms with Gasteiger partial charge in [-0.25, -0.2) is 0 Å². The molecule has 15 atom stereocenters. The fourth-order valence-electron chi connectivity index (χ4n) is 5.59. The number of nitrogens with two attached hydrogens (primary N) is 1. The molecule has 0 aromatic carbocycles. The summed E-state index contributed by atoms with van der Waals surface area (Å²) in [4.78, 5) is 11.9. The van der Waals surface area contributed by atoms with Crippen LogP contribution in [0.1, 0.15) is 52.4 Å². The molecule has 3 heterocycles. The summed E-state index contributed by atoms with van der Waals surface area (Å²) in [5, 5.41) is 85.6. The highest BCUT2D eigenvalue weighted by Gasteiger charge is 2.52. The monoisotopic (exact) mass is 656 g/mol. The average Bonchev–Trinajstić information content (AvgIpc) is 3.02. The van der Waals surface area contributed by atoms with Crippen LogP contribution in [-0.4, -0.2) is 165 Å². The number of nitrogens with one attached hydrogen (secondary N) is 1. The Hall–Kier alpha value is -1.13. The quantitative estimate of drug-likeness (QED) is 0.0708. The maximum Gasteiger partial charge on any atom is 0.217 e. The smallest absolute Gasteiger partial charge is 0.217 e. The normalized spacial score (nSPS) is 42.4. The van der Waals surface area contributed by atoms with Crippen molar-refractivity contribution >= 4 is 5.91 Å². The molecular weight excluding hydrogens is 604 g/mol. The average molecular weight is 657 g/mol. The lowest BCUT2D eigenvalue weighted by molar-refractivity contribution is -0.359. The predicted octanol–water partition coefficient (Wildman–Crippen LogP) is -4.08. The van der Waals surface area contributed by atoms with Crippen molar-refractivity contribution in [2.24, 2.45) is 5.73 Å². The molecule has 11 N–H and O–H groups in total. The Morgan fingerprint density at radius 1 is 0.711 bits per heavy atom. The van der Waals surface area contributed by atoms with Crippen molar-refractivity contribution < 1.29 is 74.1 Å². The number of hydrogen-bond donors (Lipinski definition) is 10. The lowest BCUT2D eigenvalue weighted by Crippen LogP contribution is -2.69. The van der Waals surface area contributed by atoms with Gasteiger partial charge in [0.1, 0.15) is 61.0 Å². The molecule has 0 aromatic rings. The summed E-state index contributed by atoms with van der Waals surface area (Å²) in [5.41, 5.74) is 5.95. The van der Waals surface area contributed by atoms with E-state index in [1.54, 1.807) is 0 Å². The second-order valence-corrected chi connectivity index (χ2v) is 11.8. The van der Waals surface area contributed by atoms with Gasteiger partial charge in [0.25, 0.3) is 0 Å². The minimum absolute atomic E-state index is 0.245. The third-order valence-electron chi connectivity index (χ3n) is 8.33. The summed E-state index contributed by atoms with van der Waals surface area (Å²) >= 11 is 0. The zero-order chi connectivity index (χ0) is 33.3. The molecule has 0 aliphatic carbocycles. The molecule has 3 saturated heterocycles. The number of ether oxygens (including phenoxy) is 6. The molecule has 3 aliphatic rings. The molecule has 0 unspecified atom stereocenters. The predicted molar refractivity (Wildman–Crippen MR) is 152 cm³/mol. The molecule has 3 fully saturated rings. The van der Waals surface area contributed by atoms with Crippen molar-refractivity contribution in [2.45, 2.75) is 144 Å². The first-order valence-corrected chi connectivity index (χ1v) is 15.6. The van der Waals surface area contributed by atoms with Gasteiger partial charge in [0, 0.05) is 13.5 Å². The fourth-order valence-corrected chi connectivity index (χ4v) is 5.59. The van der Waals surface area contributed by atoms with Gasteiger partial charge in [-0.1, -0.05) is 39.0 Å². The van der Waals surface area contributed by atoms with E-state index in [0.29, 0.717) is 6.42 Å². The van der Waals surface area contributed by atoms with Crippen LogP contribution in [-0.2, 0) is 33.2 Å². The van der Waals surface area contributed by atoms with Crippen LogP contribution in [0.25, 0.3) is 0 Å². The SMILES string of the molecule is CCCCCCCCO[C@@H]1O[C@H](CO[C@H]2O[C@H](CO)[C@@H](O)[C@H](O)[C@@H]2O[C@@H]2O[C@H](CO)[C@@H](N)[C@H](O)[C@H]2NC(C)=O)[C@@H](O)[C@H](O)[C@H]1O. The molecule has 45 heavy (non-hydrogen) atoms. The summed E-state index contributed by atoms with van der Waals surface area (Å²) in [7, 11) is 0. The molecule has 0 bridgehead atoms. The van der Waals surface area contributed by atoms with E-state index in [1.165, 1.54) is 6.92 Å². The lowest BCUT2D eigenvalue weighted by Gasteiger charge is -2.47. The Labute approximate surface area is 262 Å². The molecule has 1 amide bonds. The summed E-state index contributed by atoms with van der Waals surface area (Å²) in [5.74, 6) is -0.572. The highest BCUT2D eigenvalue weighted by molar-refractivity contribution is 5.73. The molecule has 0 radical (unpaired) electrons. The number of amides is 1. The first kappa shape index (κ1) is 38.3. The van der Waals surface area contributed by atoms with Crippen LogP contribution in [0.4, 0.5) is 0 Å². The van der Waals surface area contributed by atoms with E-state index in [-0.39, 0.29) is 6.61 Å². The molecule has 3 rings (SSSR count). The maximum absolute atomic E-state index is 11.9. The second-order valence-electron chi connectivity index (χ2n) is 11.8. The van der Waals surface area contributed by atoms with Crippen molar-refractivity contribution in [1.82, 2.24) is 5.32 Å². The van der Waals surface area contributed by atoms with E-state index in [4.69, 9.17) is 34.2 Å². The van der Waals surface area contributed by atoms with Crippen LogP contribution in [0.15, 0.2) is 0 Å². The molecule has 0 spiro atoms. The fraction of sp³-hybridized carbons (Fsp3) is 0.964. The first-order valence-electron chi connectivity index (χ1n) is 15.6. The van der Waals surface area contributed by atoms with E-state index in [1.807, 2.05) is 0 Å². The summed E-state index contributed by atoms with van der Waals surface area (Å²) in [6.45, 7) is 1.71. The van der Waals surface area contributed by atoms with E-state index < -0.39 is 118 Å². The molecule has 17 nitrogen and oxygen atoms in total. The number of rotatable bonds is 16. The van der Waals surface area contributed by atoms with Crippen LogP contribution in [0.3, 0.4) is 0 Å². The van der Waals surface area contributed by atoms with Crippen molar-refractivity contribution in [3.8, 4) is 0 Å². The number of aliphatic hydroxyl groups is 8. The van der Waals surface area contributed by atoms with E-state index in [0.717, 1.165) is 32.1 Å². The maximum atomic E-state index is 11.9. The van der Waals surface area contributed by atoms with Gasteiger partial charge in [-0.05, 0) is 6.42 Å². The van der Waals surface area contributed by atoms with Gasteiger partial charge in [0.05, 0.1) is 32.0 Å². The Balaban J connectivity index is 1.70. The highest BCUT2D eigenvalue weighted by Crippen LogP contribution is 2.31. The number of carbonyl (C=O) groups is 1. The van der Waals surface area contributed by atoms with Crippen molar-refractivity contribution in [1.29, 1.82) is 0 Å². The molecule has 0 aromatic heterocycles. The Kier molecular flexibility index (Phi) is 15.7. The van der Waals surface area contributed by atoms with Crippen LogP contribution < -0.4 is 11.1 Å². The third-order valence-corrected chi connectivity index (χ3v) is 8.33. The topological polar surface area (TPSA) is 272 Å². The lowest BCUT2D eigenvalue weighted by atomic mass is 9.94. The van der Waals surface area contributed by atoms with Crippen LogP contribution in [0.5, 0.6) is 0 Å². The van der Waals surface area contributed by atoms with E-state index in [2.05, 4.69) is 12.2 Å². The zero-order valence-corrected chi connectivity index (χ0v) is 25.7. The van der Waals surface area contributed by atoms with Gasteiger partial charge in [0.15, 0.2) is 18.9 Å². The number of carbonyl (C=O) groups excluding carboxylic acids is 1. The standard InChI is InChI=1S/C28H52N2O15/c1-3-4-5-6-7-8-9-40-27-24(39)22(37)20(35)16(44-27)12-41-28-25(23(38)19(34)15(11-32)43-28)45-26-18(30-13(2)33)21(36)17(29)14(10-31)42-26/h14-28,31-32,34-39H,3-12,29H2,1-2H3,(H,30,33)/t14-,15-,16-,17-,18-,19-,20-,21+,22+,23+,24-,25+,26+,27-,28+/m1/s1. The third kappa shape index (κ3) is 9.94.